The van der Waals surface area contributed by atoms with E-state index in [0.29, 0.717) is 27.1 Å². The smallest absolute Gasteiger partial charge is 0.447 e. The number of halogens is 2. The largest absolute Gasteiger partial charge is 0.558 e. The Balaban J connectivity index is 1.73. The summed E-state index contributed by atoms with van der Waals surface area (Å²) >= 11 is 4.18. The summed E-state index contributed by atoms with van der Waals surface area (Å²) in [6, 6.07) is 22.4. The molecule has 0 spiro atoms. The van der Waals surface area contributed by atoms with Gasteiger partial charge in [-0.3, -0.25) is 9.63 Å². The maximum absolute atomic E-state index is 15.1. The van der Waals surface area contributed by atoms with Gasteiger partial charge < -0.3 is 9.47 Å². The average molecular weight is 912 g/mol. The van der Waals surface area contributed by atoms with Crippen molar-refractivity contribution in [2.75, 3.05) is 28.7 Å². The first-order chi connectivity index (χ1) is 24.2. The Morgan fingerprint density at radius 2 is 1.42 bits per heavy atom. The molecule has 3 aromatic carbocycles. The van der Waals surface area contributed by atoms with Crippen molar-refractivity contribution in [2.24, 2.45) is 11.8 Å². The van der Waals surface area contributed by atoms with E-state index in [2.05, 4.69) is 45.2 Å². The molecule has 0 bridgehead atoms. The van der Waals surface area contributed by atoms with E-state index < -0.39 is 46.7 Å². The molecular weight excluding hydrogens is 866 g/mol. The monoisotopic (exact) mass is 911 g/mol. The van der Waals surface area contributed by atoms with Gasteiger partial charge in [0.25, 0.3) is 0 Å². The summed E-state index contributed by atoms with van der Waals surface area (Å²) in [5, 5.41) is 0.918. The van der Waals surface area contributed by atoms with E-state index in [-0.39, 0.29) is 32.3 Å². The predicted octanol–water partition coefficient (Wildman–Crippen LogP) is 8.29. The lowest BCUT2D eigenvalue weighted by Crippen LogP contribution is -2.70. The van der Waals surface area contributed by atoms with Crippen molar-refractivity contribution < 1.29 is 43.0 Å². The van der Waals surface area contributed by atoms with Crippen molar-refractivity contribution in [1.29, 1.82) is 0 Å². The number of nitrogens with zero attached hydrogens (tertiary/aromatic N) is 2. The van der Waals surface area contributed by atoms with Crippen molar-refractivity contribution in [3.8, 4) is 11.1 Å². The summed E-state index contributed by atoms with van der Waals surface area (Å²) in [6.45, 7) is 6.99. The SMILES string of the molecule is CC[C@H](C)[C@@H](C=O)[N+](OCCI)(C(=O)OCc1ccccc1)C(=O)[C@H](C(C)C)N(OCCI)C(=O)OCC1c2ccccc2-c2ccccc21. The van der Waals surface area contributed by atoms with E-state index in [1.165, 1.54) is 0 Å². The third kappa shape index (κ3) is 8.75. The zero-order chi connectivity index (χ0) is 36.3. The van der Waals surface area contributed by atoms with E-state index in [0.717, 1.165) is 27.3 Å². The second kappa shape index (κ2) is 19.1. The highest BCUT2D eigenvalue weighted by Crippen LogP contribution is 2.44. The molecule has 0 aromatic heterocycles. The molecule has 50 heavy (non-hydrogen) atoms. The first-order valence-corrected chi connectivity index (χ1v) is 19.8. The van der Waals surface area contributed by atoms with Gasteiger partial charge in [-0.05, 0) is 44.8 Å². The number of fused-ring (bicyclic) bond motifs is 3. The fraction of sp³-hybridized carbons (Fsp3) is 0.421. The van der Waals surface area contributed by atoms with Gasteiger partial charge in [-0.1, -0.05) is 152 Å². The minimum atomic E-state index is -1.39. The molecule has 268 valence electrons. The average Bonchev–Trinajstić information content (AvgIpc) is 3.46. The molecule has 10 nitrogen and oxygen atoms in total. The van der Waals surface area contributed by atoms with Gasteiger partial charge >= 0.3 is 18.1 Å². The van der Waals surface area contributed by atoms with Gasteiger partial charge in [-0.15, -0.1) is 0 Å². The van der Waals surface area contributed by atoms with Crippen LogP contribution in [0.4, 0.5) is 9.59 Å². The number of hydrogen-bond acceptors (Lipinski definition) is 8. The lowest BCUT2D eigenvalue weighted by atomic mass is 9.95. The number of benzene rings is 3. The maximum Gasteiger partial charge on any atom is 0.558 e. The first-order valence-electron chi connectivity index (χ1n) is 16.8. The Morgan fingerprint density at radius 3 is 1.96 bits per heavy atom. The molecule has 4 rings (SSSR count). The molecule has 0 radical (unpaired) electrons. The number of alkyl halides is 2. The van der Waals surface area contributed by atoms with Gasteiger partial charge in [-0.25, -0.2) is 9.59 Å². The van der Waals surface area contributed by atoms with Gasteiger partial charge in [0.1, 0.15) is 19.8 Å². The van der Waals surface area contributed by atoms with Crippen LogP contribution in [-0.4, -0.2) is 74.8 Å². The van der Waals surface area contributed by atoms with Crippen LogP contribution in [0.15, 0.2) is 78.9 Å². The summed E-state index contributed by atoms with van der Waals surface area (Å²) in [7, 11) is 0. The van der Waals surface area contributed by atoms with Crippen LogP contribution < -0.4 is 0 Å². The van der Waals surface area contributed by atoms with Gasteiger partial charge in [0.15, 0.2) is 18.4 Å². The Labute approximate surface area is 321 Å². The molecule has 1 unspecified atom stereocenters. The van der Waals surface area contributed by atoms with Crippen molar-refractivity contribution in [3.63, 3.8) is 0 Å². The van der Waals surface area contributed by atoms with Crippen LogP contribution in [0.25, 0.3) is 11.1 Å². The molecule has 0 saturated carbocycles. The van der Waals surface area contributed by atoms with Gasteiger partial charge in [-0.2, -0.15) is 14.7 Å². The molecule has 0 heterocycles. The molecule has 3 aromatic rings. The predicted molar refractivity (Wildman–Crippen MR) is 206 cm³/mol. The topological polar surface area (TPSA) is 108 Å². The number of carbonyl (C=O) groups is 4. The van der Waals surface area contributed by atoms with Crippen LogP contribution in [-0.2, 0) is 35.3 Å². The van der Waals surface area contributed by atoms with Crippen LogP contribution in [0.2, 0.25) is 0 Å². The number of carbonyl (C=O) groups excluding carboxylic acids is 4. The van der Waals surface area contributed by atoms with Gasteiger partial charge in [0.05, 0.1) is 6.61 Å². The number of quaternary nitrogens is 1. The van der Waals surface area contributed by atoms with Gasteiger partial charge in [0, 0.05) is 20.7 Å². The van der Waals surface area contributed by atoms with E-state index in [1.807, 2.05) is 73.7 Å². The molecule has 12 heteroatoms. The minimum Gasteiger partial charge on any atom is -0.447 e. The van der Waals surface area contributed by atoms with Crippen LogP contribution in [0.3, 0.4) is 0 Å². The highest BCUT2D eigenvalue weighted by atomic mass is 127. The van der Waals surface area contributed by atoms with Gasteiger partial charge in [0.2, 0.25) is 0 Å². The normalized spacial score (nSPS) is 15.3. The van der Waals surface area contributed by atoms with Crippen LogP contribution in [0.1, 0.15) is 56.7 Å². The fourth-order valence-corrected chi connectivity index (χ4v) is 6.66. The fourth-order valence-electron chi connectivity index (χ4n) is 6.26. The Morgan fingerprint density at radius 1 is 0.840 bits per heavy atom. The number of rotatable bonds is 17. The first kappa shape index (κ1) is 39.9. The Kier molecular flexibility index (Phi) is 15.2. The second-order valence-corrected chi connectivity index (χ2v) is 14.6. The number of imide groups is 1. The van der Waals surface area contributed by atoms with Crippen molar-refractivity contribution in [3.05, 3.63) is 95.6 Å². The summed E-state index contributed by atoms with van der Waals surface area (Å²) < 4.78 is 11.3. The summed E-state index contributed by atoms with van der Waals surface area (Å²) in [4.78, 5) is 68.7. The lowest BCUT2D eigenvalue weighted by Gasteiger charge is -2.40. The zero-order valence-electron chi connectivity index (χ0n) is 28.8. The summed E-state index contributed by atoms with van der Waals surface area (Å²) in [6.07, 6.45) is -0.902. The lowest BCUT2D eigenvalue weighted by molar-refractivity contribution is -0.998. The molecule has 0 N–H and O–H groups in total. The standard InChI is InChI=1S/C38H45I2N2O8/c1-5-27(4)34(23-43)42(50-22-20-40,38(46)48-24-28-13-7-6-8-14-28)36(44)35(26(2)3)41(49-21-19-39)37(45)47-25-33-31-17-11-9-15-29(31)30-16-10-12-18-32(30)33/h6-18,23,26-27,33-35H,5,19-22,24-25H2,1-4H3/q+1/t27-,34+,35-,42?/m0/s1. The van der Waals surface area contributed by atoms with Crippen molar-refractivity contribution in [2.45, 2.75) is 58.7 Å². The maximum atomic E-state index is 15.1. The summed E-state index contributed by atoms with van der Waals surface area (Å²) in [5.41, 5.74) is 4.91. The number of hydroxylamine groups is 5. The third-order valence-electron chi connectivity index (χ3n) is 8.92. The number of amides is 3. The van der Waals surface area contributed by atoms with Crippen LogP contribution >= 0.6 is 45.2 Å². The van der Waals surface area contributed by atoms with Crippen molar-refractivity contribution >= 4 is 69.6 Å². The Hall–Kier alpha value is -2.92. The van der Waals surface area contributed by atoms with Crippen molar-refractivity contribution in [1.82, 2.24) is 5.06 Å². The van der Waals surface area contributed by atoms with Crippen LogP contribution in [0, 0.1) is 11.8 Å². The molecule has 0 fully saturated rings. The molecule has 0 saturated heterocycles. The quantitative estimate of drug-likeness (QED) is 0.0438. The van der Waals surface area contributed by atoms with Crippen LogP contribution in [0.5, 0.6) is 0 Å². The van der Waals surface area contributed by atoms with E-state index >= 15 is 4.79 Å². The van der Waals surface area contributed by atoms with E-state index in [1.54, 1.807) is 32.9 Å². The molecule has 0 aliphatic heterocycles. The second-order valence-electron chi connectivity index (χ2n) is 12.4. The molecular formula is C38H45I2N2O8+. The molecule has 3 amide bonds. The Bertz CT molecular complexity index is 1560. The highest BCUT2D eigenvalue weighted by Gasteiger charge is 2.62. The zero-order valence-corrected chi connectivity index (χ0v) is 33.2. The molecule has 4 atom stereocenters. The number of aldehydes is 1. The number of hydrogen-bond donors (Lipinski definition) is 0. The molecule has 1 aliphatic carbocycles. The number of ether oxygens (including phenoxy) is 2. The van der Waals surface area contributed by atoms with E-state index in [4.69, 9.17) is 19.1 Å². The molecule has 1 aliphatic rings. The highest BCUT2D eigenvalue weighted by molar-refractivity contribution is 14.1. The summed E-state index contributed by atoms with van der Waals surface area (Å²) in [5.74, 6) is -2.15. The van der Waals surface area contributed by atoms with E-state index in [9.17, 15) is 14.4 Å². The third-order valence-corrected chi connectivity index (χ3v) is 9.80. The minimum absolute atomic E-state index is 0.00968.